The number of ether oxygens (including phenoxy) is 2. The van der Waals surface area contributed by atoms with Crippen molar-refractivity contribution in [3.63, 3.8) is 0 Å². The molecule has 39 heavy (non-hydrogen) atoms. The molecule has 6 rings (SSSR count). The van der Waals surface area contributed by atoms with E-state index >= 15 is 0 Å². The molecule has 1 atom stereocenters. The van der Waals surface area contributed by atoms with E-state index in [1.165, 1.54) is 19.6 Å². The molecule has 2 aliphatic rings. The summed E-state index contributed by atoms with van der Waals surface area (Å²) in [6.45, 7) is 4.39. The number of anilines is 2. The number of carbonyl (C=O) groups is 1. The minimum absolute atomic E-state index is 0.145. The van der Waals surface area contributed by atoms with Crippen molar-refractivity contribution in [2.75, 3.05) is 37.9 Å². The van der Waals surface area contributed by atoms with E-state index in [0.29, 0.717) is 58.5 Å². The van der Waals surface area contributed by atoms with Crippen molar-refractivity contribution in [1.82, 2.24) is 29.6 Å². The van der Waals surface area contributed by atoms with Crippen LogP contribution in [-0.2, 0) is 6.42 Å². The van der Waals surface area contributed by atoms with E-state index in [2.05, 4.69) is 37.4 Å². The summed E-state index contributed by atoms with van der Waals surface area (Å²) in [5.74, 6) is 1.25. The number of hydrogen-bond donors (Lipinski definition) is 2. The SMILES string of the molecule is CC=CN1CCC[C@@H](n2nc(-c3ccc(NC(=O)c4ccc(OC)nc4)c4c3OCC4)c3c(N)ncnc32)C1. The Morgan fingerprint density at radius 2 is 2.13 bits per heavy atom. The zero-order chi connectivity index (χ0) is 26.9. The minimum Gasteiger partial charge on any atom is -0.492 e. The summed E-state index contributed by atoms with van der Waals surface area (Å²) in [5.41, 5.74) is 10.6. The maximum atomic E-state index is 12.9. The van der Waals surface area contributed by atoms with Gasteiger partial charge in [0.25, 0.3) is 5.91 Å². The number of allylic oxidation sites excluding steroid dienone is 1. The van der Waals surface area contributed by atoms with Crippen LogP contribution in [0.3, 0.4) is 0 Å². The molecule has 3 aromatic heterocycles. The fourth-order valence-corrected chi connectivity index (χ4v) is 5.40. The molecule has 1 aromatic carbocycles. The average molecular weight is 527 g/mol. The van der Waals surface area contributed by atoms with E-state index in [0.717, 1.165) is 37.1 Å². The van der Waals surface area contributed by atoms with Crippen LogP contribution in [0.5, 0.6) is 11.6 Å². The van der Waals surface area contributed by atoms with Gasteiger partial charge in [0.15, 0.2) is 5.65 Å². The molecule has 2 aliphatic heterocycles. The molecule has 0 aliphatic carbocycles. The Kier molecular flexibility index (Phi) is 6.47. The maximum Gasteiger partial charge on any atom is 0.257 e. The predicted molar refractivity (Wildman–Crippen MR) is 148 cm³/mol. The third-order valence-corrected chi connectivity index (χ3v) is 7.22. The fraction of sp³-hybridized carbons (Fsp3) is 0.321. The topological polar surface area (TPSA) is 133 Å². The number of pyridine rings is 1. The summed E-state index contributed by atoms with van der Waals surface area (Å²) in [7, 11) is 1.53. The number of carbonyl (C=O) groups excluding carboxylic acids is 1. The summed E-state index contributed by atoms with van der Waals surface area (Å²) in [6.07, 6.45) is 9.87. The first kappa shape index (κ1) is 24.7. The molecule has 0 radical (unpaired) electrons. The molecular formula is C28H30N8O3. The Morgan fingerprint density at radius 1 is 1.23 bits per heavy atom. The number of rotatable bonds is 6. The lowest BCUT2D eigenvalue weighted by Gasteiger charge is -2.32. The van der Waals surface area contributed by atoms with Crippen molar-refractivity contribution in [2.24, 2.45) is 0 Å². The standard InChI is InChI=1S/C28H30N8O3/c1-3-11-35-12-4-5-18(15-35)36-27-23(26(29)31-16-32-27)24(34-36)20-7-8-21(19-10-13-39-25(19)20)33-28(37)17-6-9-22(38-2)30-14-17/h3,6-9,11,14,16,18H,4-5,10,12-13,15H2,1-2H3,(H,33,37)(H2,29,31,32)/t18-/m1/s1. The van der Waals surface area contributed by atoms with Gasteiger partial charge >= 0.3 is 0 Å². The highest BCUT2D eigenvalue weighted by atomic mass is 16.5. The molecule has 0 unspecified atom stereocenters. The van der Waals surface area contributed by atoms with Crippen molar-refractivity contribution < 1.29 is 14.3 Å². The minimum atomic E-state index is -0.262. The van der Waals surface area contributed by atoms with Crippen molar-refractivity contribution in [3.05, 3.63) is 60.2 Å². The fourth-order valence-electron chi connectivity index (χ4n) is 5.40. The van der Waals surface area contributed by atoms with Gasteiger partial charge in [0.05, 0.1) is 30.7 Å². The lowest BCUT2D eigenvalue weighted by molar-refractivity contribution is 0.102. The first-order chi connectivity index (χ1) is 19.1. The van der Waals surface area contributed by atoms with E-state index in [9.17, 15) is 4.79 Å². The lowest BCUT2D eigenvalue weighted by atomic mass is 10.0. The van der Waals surface area contributed by atoms with Gasteiger partial charge in [-0.25, -0.2) is 19.6 Å². The predicted octanol–water partition coefficient (Wildman–Crippen LogP) is 3.84. The number of nitrogen functional groups attached to an aromatic ring is 1. The zero-order valence-corrected chi connectivity index (χ0v) is 21.9. The molecule has 1 amide bonds. The van der Waals surface area contributed by atoms with Crippen molar-refractivity contribution in [1.29, 1.82) is 0 Å². The first-order valence-corrected chi connectivity index (χ1v) is 13.0. The molecule has 0 bridgehead atoms. The molecule has 0 spiro atoms. The van der Waals surface area contributed by atoms with Gasteiger partial charge in [-0.1, -0.05) is 6.08 Å². The lowest BCUT2D eigenvalue weighted by Crippen LogP contribution is -2.33. The number of likely N-dealkylation sites (tertiary alicyclic amines) is 1. The highest BCUT2D eigenvalue weighted by Crippen LogP contribution is 2.44. The van der Waals surface area contributed by atoms with Crippen molar-refractivity contribution in [2.45, 2.75) is 32.2 Å². The van der Waals surface area contributed by atoms with E-state index in [1.54, 1.807) is 12.1 Å². The van der Waals surface area contributed by atoms with E-state index in [-0.39, 0.29) is 11.9 Å². The molecule has 200 valence electrons. The van der Waals surface area contributed by atoms with Gasteiger partial charge in [0.1, 0.15) is 23.6 Å². The Labute approximate surface area is 225 Å². The van der Waals surface area contributed by atoms with Crippen LogP contribution in [-0.4, -0.2) is 62.3 Å². The first-order valence-electron chi connectivity index (χ1n) is 13.0. The van der Waals surface area contributed by atoms with Crippen LogP contribution in [0.2, 0.25) is 0 Å². The smallest absolute Gasteiger partial charge is 0.257 e. The van der Waals surface area contributed by atoms with Crippen LogP contribution < -0.4 is 20.5 Å². The molecule has 1 fully saturated rings. The van der Waals surface area contributed by atoms with Gasteiger partial charge in [-0.15, -0.1) is 0 Å². The van der Waals surface area contributed by atoms with Crippen LogP contribution in [0.4, 0.5) is 11.5 Å². The molecule has 4 aromatic rings. The number of nitrogens with one attached hydrogen (secondary N) is 1. The third kappa shape index (κ3) is 4.49. The number of benzene rings is 1. The largest absolute Gasteiger partial charge is 0.492 e. The number of aromatic nitrogens is 5. The number of hydrogen-bond acceptors (Lipinski definition) is 9. The number of piperidine rings is 1. The van der Waals surface area contributed by atoms with Crippen LogP contribution in [0, 0.1) is 0 Å². The Morgan fingerprint density at radius 3 is 2.92 bits per heavy atom. The van der Waals surface area contributed by atoms with Gasteiger partial charge in [0.2, 0.25) is 5.88 Å². The van der Waals surface area contributed by atoms with Gasteiger partial charge in [-0.05, 0) is 44.2 Å². The maximum absolute atomic E-state index is 12.9. The summed E-state index contributed by atoms with van der Waals surface area (Å²) in [6, 6.07) is 7.28. The zero-order valence-electron chi connectivity index (χ0n) is 21.9. The molecule has 3 N–H and O–H groups in total. The number of amides is 1. The van der Waals surface area contributed by atoms with Crippen LogP contribution in [0.25, 0.3) is 22.3 Å². The second-order valence-corrected chi connectivity index (χ2v) is 9.63. The molecule has 0 saturated carbocycles. The third-order valence-electron chi connectivity index (χ3n) is 7.22. The molecular weight excluding hydrogens is 496 g/mol. The van der Waals surface area contributed by atoms with Crippen LogP contribution >= 0.6 is 0 Å². The van der Waals surface area contributed by atoms with E-state index in [4.69, 9.17) is 20.3 Å². The number of fused-ring (bicyclic) bond motifs is 2. The van der Waals surface area contributed by atoms with Crippen LogP contribution in [0.1, 0.15) is 41.7 Å². The van der Waals surface area contributed by atoms with Crippen LogP contribution in [0.15, 0.2) is 49.1 Å². The number of nitrogens with zero attached hydrogens (tertiary/aromatic N) is 6. The average Bonchev–Trinajstić information content (AvgIpc) is 3.61. The van der Waals surface area contributed by atoms with E-state index < -0.39 is 0 Å². The second-order valence-electron chi connectivity index (χ2n) is 9.63. The Balaban J connectivity index is 1.38. The Bertz CT molecular complexity index is 1560. The molecule has 1 saturated heterocycles. The van der Waals surface area contributed by atoms with E-state index in [1.807, 2.05) is 23.7 Å². The van der Waals surface area contributed by atoms with Gasteiger partial charge < -0.3 is 25.4 Å². The van der Waals surface area contributed by atoms with Gasteiger partial charge in [-0.3, -0.25) is 4.79 Å². The summed E-state index contributed by atoms with van der Waals surface area (Å²) in [4.78, 5) is 28.3. The van der Waals surface area contributed by atoms with Crippen molar-refractivity contribution >= 4 is 28.4 Å². The highest BCUT2D eigenvalue weighted by Gasteiger charge is 2.29. The van der Waals surface area contributed by atoms with Gasteiger partial charge in [0, 0.05) is 48.6 Å². The number of nitrogens with two attached hydrogens (primary N) is 1. The monoisotopic (exact) mass is 526 g/mol. The molecule has 11 nitrogen and oxygen atoms in total. The molecule has 11 heteroatoms. The molecule has 5 heterocycles. The quantitative estimate of drug-likeness (QED) is 0.384. The van der Waals surface area contributed by atoms with Gasteiger partial charge in [-0.2, -0.15) is 5.10 Å². The summed E-state index contributed by atoms with van der Waals surface area (Å²) >= 11 is 0. The Hall–Kier alpha value is -4.67. The second kappa shape index (κ2) is 10.2. The van der Waals surface area contributed by atoms with Crippen molar-refractivity contribution in [3.8, 4) is 22.9 Å². The highest BCUT2D eigenvalue weighted by molar-refractivity contribution is 6.05. The normalized spacial score (nSPS) is 16.9. The summed E-state index contributed by atoms with van der Waals surface area (Å²) < 4.78 is 13.2. The number of methoxy groups -OCH3 is 1. The summed E-state index contributed by atoms with van der Waals surface area (Å²) in [5, 5.41) is 8.78.